The average molecular weight is 3160 g/mol. The van der Waals surface area contributed by atoms with Gasteiger partial charge in [0.1, 0.15) is 46.9 Å². The van der Waals surface area contributed by atoms with Crippen molar-refractivity contribution in [3.8, 4) is 0 Å². The van der Waals surface area contributed by atoms with E-state index in [1.54, 1.807) is 13.4 Å². The zero-order chi connectivity index (χ0) is 106. The monoisotopic (exact) mass is 3160 g/mol. The number of rotatable bonds is 39. The first kappa shape index (κ1) is 147. The van der Waals surface area contributed by atoms with Gasteiger partial charge in [0.15, 0.2) is 11.3 Å². The molecule has 39 atom stereocenters. The Bertz CT molecular complexity index is 5100. The normalized spacial score (nSPS) is 18.1. The van der Waals surface area contributed by atoms with Gasteiger partial charge in [-0.25, -0.2) is 29.9 Å². The summed E-state index contributed by atoms with van der Waals surface area (Å²) < 4.78 is 19.7. The minimum absolute atomic E-state index is 0.122. The number of aryl methyl sites for hydroxylation is 4. The van der Waals surface area contributed by atoms with E-state index in [1.165, 1.54) is 55.1 Å². The lowest BCUT2D eigenvalue weighted by molar-refractivity contribution is 0.122. The highest BCUT2D eigenvalue weighted by molar-refractivity contribution is 9.55. The number of hydrogen-bond acceptors (Lipinski definition) is 18. The highest BCUT2D eigenvalue weighted by atomic mass is 35.5. The second-order valence-corrected chi connectivity index (χ2v) is 296. The van der Waals surface area contributed by atoms with E-state index in [4.69, 9.17) is 51.3 Å². The maximum Gasteiger partial charge on any atom is 0.160 e. The summed E-state index contributed by atoms with van der Waals surface area (Å²) in [6, 6.07) is 17.6. The molecule has 6 aliphatic rings. The Kier molecular flexibility index (Phi) is 76.3. The highest BCUT2D eigenvalue weighted by Crippen LogP contribution is 3.49. The molecule has 2 N–H and O–H groups in total. The van der Waals surface area contributed by atoms with Crippen molar-refractivity contribution in [1.29, 1.82) is 0 Å². The van der Waals surface area contributed by atoms with E-state index >= 15 is 0 Å². The van der Waals surface area contributed by atoms with Gasteiger partial charge in [-0.3, -0.25) is 0 Å². The summed E-state index contributed by atoms with van der Waals surface area (Å²) >= 11 is 5.98. The Labute approximate surface area is 975 Å². The van der Waals surface area contributed by atoms with Crippen LogP contribution in [0.25, 0.3) is 33.1 Å². The predicted octanol–water partition coefficient (Wildman–Crippen LogP) is 45.6. The summed E-state index contributed by atoms with van der Waals surface area (Å²) in [6.45, 7) is 14.1. The number of hydrogen-bond donors (Lipinski definition) is 2. The van der Waals surface area contributed by atoms with Crippen LogP contribution >= 0.6 is 523 Å². The second kappa shape index (κ2) is 75.0. The fourth-order valence-corrected chi connectivity index (χ4v) is 932. The molecular weight excluding hydrogens is 3010 g/mol. The largest absolute Gasteiger partial charge is 0.394 e. The van der Waals surface area contributed by atoms with E-state index in [9.17, 15) is 0 Å². The Hall–Kier alpha value is 21.0. The lowest BCUT2D eigenvalue weighted by atomic mass is 9.97. The first-order chi connectivity index (χ1) is 68.2. The third-order valence-electron chi connectivity index (χ3n) is 22.1. The van der Waals surface area contributed by atoms with Gasteiger partial charge in [-0.1, -0.05) is 30.2 Å². The third-order valence-corrected chi connectivity index (χ3v) is 470. The van der Waals surface area contributed by atoms with E-state index < -0.39 is 0 Å². The molecule has 39 unspecified atom stereocenters. The van der Waals surface area contributed by atoms with Gasteiger partial charge in [0.05, 0.1) is 74.1 Å². The number of aliphatic hydroxyl groups excluding tert-OH is 1. The molecule has 2 aromatic carbocycles. The zero-order valence-electron chi connectivity index (χ0n) is 80.1. The molecule has 6 aromatic heterocycles. The number of halogens is 1. The fourth-order valence-electron chi connectivity index (χ4n) is 15.2. The van der Waals surface area contributed by atoms with Gasteiger partial charge in [-0.15, -0.1) is 295 Å². The maximum absolute atomic E-state index is 7.94. The van der Waals surface area contributed by atoms with Gasteiger partial charge < -0.3 is 49.1 Å². The molecule has 0 amide bonds. The summed E-state index contributed by atoms with van der Waals surface area (Å²) in [6.07, 6.45) is 12.8. The summed E-state index contributed by atoms with van der Waals surface area (Å²) in [5.74, 6) is 5.43. The van der Waals surface area contributed by atoms with Crippen molar-refractivity contribution in [2.24, 2.45) is 0 Å². The quantitative estimate of drug-likeness (QED) is 0.0273. The fraction of sp³-hybridized carbons (Fsp3) is 0.525. The predicted molar refractivity (Wildman–Crippen MR) is 851 cm³/mol. The number of nitrogens with zero attached hydrogens (tertiary/aromatic N) is 15. The van der Waals surface area contributed by atoms with Crippen LogP contribution < -0.4 is 29.8 Å². The number of nitrogens with one attached hydrogen (secondary N) is 1. The third kappa shape index (κ3) is 41.8. The van der Waals surface area contributed by atoms with E-state index in [0.29, 0.717) is 17.8 Å². The molecule has 6 fully saturated rings. The lowest BCUT2D eigenvalue weighted by Gasteiger charge is -2.61. The summed E-state index contributed by atoms with van der Waals surface area (Å²) in [7, 11) is 120. The first-order valence-corrected chi connectivity index (χ1v) is 160. The average Bonchev–Trinajstić information content (AvgIpc) is 0.900. The molecule has 8 aromatic rings. The second-order valence-electron chi connectivity index (χ2n) is 31.7. The molecule has 0 saturated carbocycles. The number of benzene rings is 2. The number of morpholine rings is 2. The van der Waals surface area contributed by atoms with Crippen LogP contribution in [0.5, 0.6) is 0 Å². The van der Waals surface area contributed by atoms with Crippen LogP contribution in [0.3, 0.4) is 0 Å². The molecule has 0 bridgehead atoms. The molecule has 0 radical (unpaired) electrons. The van der Waals surface area contributed by atoms with E-state index in [1.807, 2.05) is 23.6 Å². The molecule has 144 heavy (non-hydrogen) atoms. The van der Waals surface area contributed by atoms with Crippen LogP contribution in [0.2, 0.25) is 5.15 Å². The van der Waals surface area contributed by atoms with E-state index in [0.717, 1.165) is 190 Å². The Morgan fingerprint density at radius 2 is 0.722 bits per heavy atom. The zero-order valence-corrected chi connectivity index (χ0v) is 147. The molecule has 14 rings (SSSR count). The molecule has 20 nitrogen and oxygen atoms in total. The van der Waals surface area contributed by atoms with E-state index in [-0.39, 0.29) is 229 Å². The van der Waals surface area contributed by atoms with Crippen molar-refractivity contribution in [3.05, 3.63) is 100.0 Å². The molecule has 6 aliphatic heterocycles. The summed E-state index contributed by atoms with van der Waals surface area (Å²) in [4.78, 5) is 39.5. The lowest BCUT2D eigenvalue weighted by Crippen LogP contribution is -2.40. The number of methoxy groups -OCH3 is 1. The number of aliphatic hydroxyl groups is 1. The Morgan fingerprint density at radius 3 is 1.06 bits per heavy atom. The van der Waals surface area contributed by atoms with Gasteiger partial charge >= 0.3 is 0 Å². The molecular formula is C59H143ClN16O4P64. The molecule has 12 heterocycles. The van der Waals surface area contributed by atoms with Crippen molar-refractivity contribution >= 4 is 585 Å². The molecule has 0 spiro atoms. The minimum Gasteiger partial charge on any atom is -0.394 e. The highest BCUT2D eigenvalue weighted by Gasteiger charge is 2.63. The van der Waals surface area contributed by atoms with Gasteiger partial charge in [-0.2, -0.15) is 19.2 Å². The Morgan fingerprint density at radius 1 is 0.375 bits per heavy atom. The smallest absolute Gasteiger partial charge is 0.160 e. The van der Waals surface area contributed by atoms with Crippen molar-refractivity contribution in [3.63, 3.8) is 0 Å². The topological polar surface area (TPSA) is 188 Å². The standard InChI is InChI=1S/C28H34N8O.C18H26N6O.C10H9ClN2.C3H8O2.H66P64/c1-19-7-8-21-27(20(19)2)28(30-18-29-21)35-11-4-3-6-23(35)22-16-25-31-24(33-9-5-10-33)17-26(36(25)32-22)34-12-14-37-15-13-34;1-2-5-19-14(4-1)15-12-17-20-16(22-6-3-7-22)13-18(24(17)21-15)23-8-10-25-11-9-23;1-6-3-4-8-9(7(6)2)10(11)13-5-12-8;1-5-3-2-4;1-34(2)50(33)58(49(31)32)62(57(47(27)28)48(29)30)64(61(55(43(19)20)44(21)22)56(45(23)24)46(25)26)63(59(51(35(3)4)36(5)6)52(37(7)8)38(9)10)60(53(39(11)12)40(13)14)54(41(15)16)42(17)18/h7-8,16-18,23H,3-6,9-15H2,1-2H3;12-14,19H,1-11H2;3-5H,1-2H3;4H,2-3H2,1H3;1-33H2. The maximum atomic E-state index is 7.94. The SMILES string of the molecule is COCCO.Cc1ccc2ncnc(Cl)c2c1C.Cc1ccc2ncnc(N3CCCCC3c3cc4nc(N5CCC5)cc(N5CCOCC5)n4n3)c2c1C.PP(P)P(P)P(P(P)P)P(P(P(P)P)P(P)P)P(P(P(P(P)P)P(P)P)P(P(P)P)P(P)P)P(P(P(P(P)P)P(P)P)P(P(P)P)P(P)P)P(P(P(P)P)P(P)P)P(P(P)P)P(P)P.c1c(N2CCC2)nc2cc(C3CCCCN3)nn2c1N1CCOCC1. The van der Waals surface area contributed by atoms with Crippen molar-refractivity contribution in [1.82, 2.24) is 54.4 Å². The van der Waals surface area contributed by atoms with Crippen molar-refractivity contribution in [2.45, 2.75) is 91.1 Å². The van der Waals surface area contributed by atoms with Crippen LogP contribution in [0.4, 0.5) is 29.1 Å². The van der Waals surface area contributed by atoms with Gasteiger partial charge in [0.2, 0.25) is 0 Å². The van der Waals surface area contributed by atoms with Crippen LogP contribution in [0.1, 0.15) is 97.1 Å². The number of ether oxygens (including phenoxy) is 3. The summed E-state index contributed by atoms with van der Waals surface area (Å²) in [5, 5.41) is 24.4. The molecule has 0 aliphatic carbocycles. The molecule has 6 saturated heterocycles. The number of piperidine rings is 2. The van der Waals surface area contributed by atoms with Crippen LogP contribution in [0, 0.1) is 27.7 Å². The van der Waals surface area contributed by atoms with Crippen molar-refractivity contribution in [2.75, 3.05) is 137 Å². The molecule has 85 heteroatoms. The number of anilines is 5. The minimum atomic E-state index is -0.311. The van der Waals surface area contributed by atoms with Crippen LogP contribution in [-0.4, -0.2) is 166 Å². The molecule has 810 valence electrons. The van der Waals surface area contributed by atoms with Gasteiger partial charge in [-0.05, 0) is 330 Å². The van der Waals surface area contributed by atoms with Crippen molar-refractivity contribution < 1.29 is 19.3 Å². The van der Waals surface area contributed by atoms with Crippen LogP contribution in [0.15, 0.2) is 61.2 Å². The first-order valence-electron chi connectivity index (χ1n) is 43.3. The number of aromatic nitrogens is 10. The van der Waals surface area contributed by atoms with Crippen LogP contribution in [-0.2, 0) is 14.2 Å². The Balaban J connectivity index is 0.000000218. The van der Waals surface area contributed by atoms with Gasteiger partial charge in [0, 0.05) is 101 Å². The summed E-state index contributed by atoms with van der Waals surface area (Å²) in [5.41, 5.74) is 10.9. The number of fused-ring (bicyclic) bond motifs is 4. The van der Waals surface area contributed by atoms with E-state index in [2.05, 4.69) is 406 Å². The van der Waals surface area contributed by atoms with Gasteiger partial charge in [0.25, 0.3) is 0 Å².